The van der Waals surface area contributed by atoms with Crippen molar-refractivity contribution >= 4 is 16.0 Å². The molecular weight excluding hydrogens is 466 g/mol. The Labute approximate surface area is 205 Å². The Morgan fingerprint density at radius 1 is 1.09 bits per heavy atom. The minimum absolute atomic E-state index is 0.0371. The van der Waals surface area contributed by atoms with E-state index in [2.05, 4.69) is 14.6 Å². The molecule has 2 N–H and O–H groups in total. The van der Waals surface area contributed by atoms with Crippen LogP contribution in [0.2, 0.25) is 0 Å². The van der Waals surface area contributed by atoms with E-state index in [0.29, 0.717) is 25.9 Å². The van der Waals surface area contributed by atoms with Gasteiger partial charge in [0.25, 0.3) is 0 Å². The third-order valence-electron chi connectivity index (χ3n) is 6.37. The van der Waals surface area contributed by atoms with Crippen LogP contribution in [-0.4, -0.2) is 55.6 Å². The molecule has 1 aromatic heterocycles. The van der Waals surface area contributed by atoms with Crippen LogP contribution in [0.1, 0.15) is 18.4 Å². The van der Waals surface area contributed by atoms with Gasteiger partial charge in [0.05, 0.1) is 12.0 Å². The fourth-order valence-corrected chi connectivity index (χ4v) is 5.65. The van der Waals surface area contributed by atoms with Gasteiger partial charge in [0.1, 0.15) is 11.8 Å². The quantitative estimate of drug-likeness (QED) is 0.468. The largest absolute Gasteiger partial charge is 0.497 e. The van der Waals surface area contributed by atoms with Gasteiger partial charge in [0.2, 0.25) is 10.0 Å². The molecule has 0 saturated carbocycles. The predicted octanol–water partition coefficient (Wildman–Crippen LogP) is 3.40. The average molecular weight is 496 g/mol. The van der Waals surface area contributed by atoms with Crippen molar-refractivity contribution in [2.45, 2.75) is 30.3 Å². The van der Waals surface area contributed by atoms with Gasteiger partial charge in [-0.15, -0.1) is 0 Å². The molecule has 0 spiro atoms. The van der Waals surface area contributed by atoms with E-state index in [1.54, 1.807) is 25.4 Å². The van der Waals surface area contributed by atoms with E-state index in [0.717, 1.165) is 29.0 Å². The van der Waals surface area contributed by atoms with Crippen molar-refractivity contribution < 1.29 is 23.1 Å². The third kappa shape index (κ3) is 6.25. The number of aliphatic carboxylic acids is 1. The SMILES string of the molecule is COc1ccc(-c2ccc(S(=O)(=O)NC(C(=O)O)C3CCN(Cc4cccnc4)CC3)cc2)cc1. The van der Waals surface area contributed by atoms with Crippen molar-refractivity contribution in [1.82, 2.24) is 14.6 Å². The Bertz CT molecular complexity index is 1220. The van der Waals surface area contributed by atoms with Crippen molar-refractivity contribution in [3.05, 3.63) is 78.6 Å². The molecule has 0 bridgehead atoms. The molecule has 1 aliphatic rings. The number of piperidine rings is 1. The number of benzene rings is 2. The van der Waals surface area contributed by atoms with E-state index < -0.39 is 22.0 Å². The number of aromatic nitrogens is 1. The molecule has 184 valence electrons. The Kier molecular flexibility index (Phi) is 7.80. The number of carbonyl (C=O) groups is 1. The highest BCUT2D eigenvalue weighted by Gasteiger charge is 2.35. The molecule has 0 aliphatic carbocycles. The van der Waals surface area contributed by atoms with Crippen molar-refractivity contribution in [1.29, 1.82) is 0 Å². The molecule has 8 nitrogen and oxygen atoms in total. The van der Waals surface area contributed by atoms with Gasteiger partial charge in [-0.2, -0.15) is 4.72 Å². The fraction of sp³-hybridized carbons (Fsp3) is 0.308. The van der Waals surface area contributed by atoms with Gasteiger partial charge in [-0.25, -0.2) is 8.42 Å². The zero-order valence-corrected chi connectivity index (χ0v) is 20.3. The first-order chi connectivity index (χ1) is 16.9. The summed E-state index contributed by atoms with van der Waals surface area (Å²) in [7, 11) is -2.40. The molecule has 4 rings (SSSR count). The van der Waals surface area contributed by atoms with Gasteiger partial charge in [0.15, 0.2) is 0 Å². The number of sulfonamides is 1. The second-order valence-electron chi connectivity index (χ2n) is 8.66. The van der Waals surface area contributed by atoms with Crippen LogP contribution in [0, 0.1) is 5.92 Å². The molecule has 1 aliphatic heterocycles. The summed E-state index contributed by atoms with van der Waals surface area (Å²) in [5, 5.41) is 9.81. The summed E-state index contributed by atoms with van der Waals surface area (Å²) in [5.74, 6) is -0.708. The van der Waals surface area contributed by atoms with E-state index in [-0.39, 0.29) is 10.8 Å². The summed E-state index contributed by atoms with van der Waals surface area (Å²) in [4.78, 5) is 18.4. The molecule has 3 aromatic rings. The van der Waals surface area contributed by atoms with E-state index >= 15 is 0 Å². The molecular formula is C26H29N3O5S. The molecule has 35 heavy (non-hydrogen) atoms. The van der Waals surface area contributed by atoms with Gasteiger partial charge in [-0.3, -0.25) is 14.7 Å². The summed E-state index contributed by atoms with van der Waals surface area (Å²) < 4.78 is 33.6. The van der Waals surface area contributed by atoms with Gasteiger partial charge in [-0.1, -0.05) is 30.3 Å². The summed E-state index contributed by atoms with van der Waals surface area (Å²) in [6, 6.07) is 16.6. The fourth-order valence-electron chi connectivity index (χ4n) is 4.39. The number of nitrogens with zero attached hydrogens (tertiary/aromatic N) is 2. The Balaban J connectivity index is 1.40. The second-order valence-corrected chi connectivity index (χ2v) is 10.4. The molecule has 1 saturated heterocycles. The van der Waals surface area contributed by atoms with Crippen LogP contribution < -0.4 is 9.46 Å². The van der Waals surface area contributed by atoms with E-state index in [1.165, 1.54) is 12.1 Å². The lowest BCUT2D eigenvalue weighted by atomic mass is 9.90. The Morgan fingerprint density at radius 3 is 2.26 bits per heavy atom. The molecule has 2 heterocycles. The van der Waals surface area contributed by atoms with Crippen molar-refractivity contribution in [3.63, 3.8) is 0 Å². The molecule has 1 fully saturated rings. The maximum absolute atomic E-state index is 13.0. The molecule has 0 radical (unpaired) electrons. The molecule has 1 atom stereocenters. The third-order valence-corrected chi connectivity index (χ3v) is 7.83. The molecule has 9 heteroatoms. The smallest absolute Gasteiger partial charge is 0.322 e. The number of methoxy groups -OCH3 is 1. The molecule has 2 aromatic carbocycles. The summed E-state index contributed by atoms with van der Waals surface area (Å²) >= 11 is 0. The summed E-state index contributed by atoms with van der Waals surface area (Å²) in [6.07, 6.45) is 4.73. The van der Waals surface area contributed by atoms with Gasteiger partial charge in [0, 0.05) is 18.9 Å². The van der Waals surface area contributed by atoms with E-state index in [9.17, 15) is 18.3 Å². The zero-order valence-electron chi connectivity index (χ0n) is 19.5. The van der Waals surface area contributed by atoms with Gasteiger partial charge < -0.3 is 9.84 Å². The maximum Gasteiger partial charge on any atom is 0.322 e. The number of rotatable bonds is 9. The first-order valence-corrected chi connectivity index (χ1v) is 12.9. The minimum Gasteiger partial charge on any atom is -0.497 e. The summed E-state index contributed by atoms with van der Waals surface area (Å²) in [5.41, 5.74) is 2.87. The van der Waals surface area contributed by atoms with Crippen molar-refractivity contribution in [2.24, 2.45) is 5.92 Å². The Morgan fingerprint density at radius 2 is 1.71 bits per heavy atom. The lowest BCUT2D eigenvalue weighted by Gasteiger charge is -2.34. The average Bonchev–Trinajstić information content (AvgIpc) is 2.88. The van der Waals surface area contributed by atoms with Crippen molar-refractivity contribution in [3.8, 4) is 16.9 Å². The maximum atomic E-state index is 13.0. The van der Waals surface area contributed by atoms with Gasteiger partial charge in [-0.05, 0) is 78.9 Å². The number of pyridine rings is 1. The highest BCUT2D eigenvalue weighted by Crippen LogP contribution is 2.26. The molecule has 1 unspecified atom stereocenters. The van der Waals surface area contributed by atoms with Crippen LogP contribution in [0.25, 0.3) is 11.1 Å². The predicted molar refractivity (Wildman–Crippen MR) is 132 cm³/mol. The number of hydrogen-bond donors (Lipinski definition) is 2. The van der Waals surface area contributed by atoms with Crippen LogP contribution in [0.4, 0.5) is 0 Å². The lowest BCUT2D eigenvalue weighted by molar-refractivity contribution is -0.140. The topological polar surface area (TPSA) is 109 Å². The lowest BCUT2D eigenvalue weighted by Crippen LogP contribution is -2.49. The van der Waals surface area contributed by atoms with Crippen LogP contribution in [0.5, 0.6) is 5.75 Å². The number of ether oxygens (including phenoxy) is 1. The monoisotopic (exact) mass is 495 g/mol. The minimum atomic E-state index is -4.00. The first kappa shape index (κ1) is 24.8. The standard InChI is InChI=1S/C26H29N3O5S/c1-34-23-8-4-20(5-9-23)21-6-10-24(11-7-21)35(32,33)28-25(26(30)31)22-12-15-29(16-13-22)18-19-3-2-14-27-17-19/h2-11,14,17,22,25,28H,12-13,15-16,18H2,1H3,(H,30,31). The van der Waals surface area contributed by atoms with Crippen LogP contribution in [-0.2, 0) is 21.4 Å². The first-order valence-electron chi connectivity index (χ1n) is 11.5. The van der Waals surface area contributed by atoms with Crippen LogP contribution >= 0.6 is 0 Å². The zero-order chi connectivity index (χ0) is 24.8. The van der Waals surface area contributed by atoms with E-state index in [4.69, 9.17) is 4.74 Å². The normalized spacial score (nSPS) is 16.0. The highest BCUT2D eigenvalue weighted by atomic mass is 32.2. The number of nitrogens with one attached hydrogen (secondary N) is 1. The number of hydrogen-bond acceptors (Lipinski definition) is 6. The van der Waals surface area contributed by atoms with Crippen LogP contribution in [0.3, 0.4) is 0 Å². The summed E-state index contributed by atoms with van der Waals surface area (Å²) in [6.45, 7) is 2.13. The van der Waals surface area contributed by atoms with E-state index in [1.807, 2.05) is 42.6 Å². The van der Waals surface area contributed by atoms with Crippen LogP contribution in [0.15, 0.2) is 78.0 Å². The second kappa shape index (κ2) is 11.0. The number of likely N-dealkylation sites (tertiary alicyclic amines) is 1. The van der Waals surface area contributed by atoms with Crippen molar-refractivity contribution in [2.75, 3.05) is 20.2 Å². The number of carboxylic acids is 1. The van der Waals surface area contributed by atoms with Gasteiger partial charge >= 0.3 is 5.97 Å². The number of carboxylic acid groups (broad SMARTS) is 1. The highest BCUT2D eigenvalue weighted by molar-refractivity contribution is 7.89. The Hall–Kier alpha value is -3.27. The molecule has 0 amide bonds.